The van der Waals surface area contributed by atoms with E-state index >= 15 is 0 Å². The second-order valence-corrected chi connectivity index (χ2v) is 7.36. The Morgan fingerprint density at radius 2 is 2.00 bits per heavy atom. The van der Waals surface area contributed by atoms with Gasteiger partial charge in [0.15, 0.2) is 0 Å². The van der Waals surface area contributed by atoms with E-state index in [9.17, 15) is 18.1 Å². The van der Waals surface area contributed by atoms with Gasteiger partial charge in [0.25, 0.3) is 0 Å². The average molecular weight is 400 g/mol. The van der Waals surface area contributed by atoms with E-state index in [1.807, 2.05) is 0 Å². The van der Waals surface area contributed by atoms with Crippen LogP contribution in [0.4, 0.5) is 8.78 Å². The van der Waals surface area contributed by atoms with E-state index < -0.39 is 18.8 Å². The highest BCUT2D eigenvalue weighted by Crippen LogP contribution is 2.60. The molecule has 0 bridgehead atoms. The van der Waals surface area contributed by atoms with Crippen molar-refractivity contribution in [2.45, 2.75) is 25.4 Å². The van der Waals surface area contributed by atoms with Gasteiger partial charge in [0.2, 0.25) is 0 Å². The van der Waals surface area contributed by atoms with E-state index in [2.05, 4.69) is 21.2 Å². The molecule has 0 aliphatic carbocycles. The summed E-state index contributed by atoms with van der Waals surface area (Å²) in [6.07, 6.45) is 0.968. The predicted molar refractivity (Wildman–Crippen MR) is 82.0 cm³/mol. The Kier molecular flexibility index (Phi) is 6.83. The van der Waals surface area contributed by atoms with Crippen LogP contribution >= 0.6 is 23.5 Å². The second kappa shape index (κ2) is 7.75. The number of Topliss-reactive ketones (excluding diaryl/α,β-unsaturated/α-hetero) is 1. The van der Waals surface area contributed by atoms with Crippen molar-refractivity contribution in [2.24, 2.45) is 0 Å². The molecule has 0 radical (unpaired) electrons. The summed E-state index contributed by atoms with van der Waals surface area (Å²) in [5.41, 5.74) is -4.24. The van der Waals surface area contributed by atoms with Crippen LogP contribution in [0.2, 0.25) is 0 Å². The van der Waals surface area contributed by atoms with E-state index in [-0.39, 0.29) is 10.3 Å². The van der Waals surface area contributed by atoms with Gasteiger partial charge in [-0.05, 0) is 31.5 Å². The van der Waals surface area contributed by atoms with Gasteiger partial charge in [-0.25, -0.2) is 0 Å². The van der Waals surface area contributed by atoms with E-state index in [0.29, 0.717) is 25.9 Å². The number of hydrogen-bond donors (Lipinski definition) is 3. The van der Waals surface area contributed by atoms with Crippen molar-refractivity contribution in [3.63, 3.8) is 0 Å². The normalized spacial score (nSPS) is 12.5. The van der Waals surface area contributed by atoms with E-state index in [0.717, 1.165) is 11.6 Å². The maximum absolute atomic E-state index is 13.6. The summed E-state index contributed by atoms with van der Waals surface area (Å²) in [4.78, 5) is 28.2. The lowest BCUT2D eigenvalue weighted by Crippen LogP contribution is -2.20. The van der Waals surface area contributed by atoms with Gasteiger partial charge in [-0.3, -0.25) is 9.36 Å². The van der Waals surface area contributed by atoms with Gasteiger partial charge in [-0.15, -0.1) is 0 Å². The molecule has 0 spiro atoms. The van der Waals surface area contributed by atoms with Crippen molar-refractivity contribution in [1.29, 1.82) is 0 Å². The molecule has 0 heterocycles. The smallest absolute Gasteiger partial charge is 0.320 e. The molecular weight excluding hydrogens is 383 g/mol. The van der Waals surface area contributed by atoms with Crippen molar-refractivity contribution in [3.05, 3.63) is 33.8 Å². The zero-order valence-electron chi connectivity index (χ0n) is 11.9. The molecule has 0 aliphatic rings. The first kappa shape index (κ1) is 19.4. The van der Waals surface area contributed by atoms with Crippen molar-refractivity contribution in [1.82, 2.24) is 5.32 Å². The lowest BCUT2D eigenvalue weighted by atomic mass is 10.1. The van der Waals surface area contributed by atoms with Gasteiger partial charge in [0.05, 0.1) is 0 Å². The van der Waals surface area contributed by atoms with Crippen LogP contribution in [0.5, 0.6) is 0 Å². The molecule has 0 saturated carbocycles. The summed E-state index contributed by atoms with van der Waals surface area (Å²) in [6, 6.07) is 3.82. The highest BCUT2D eigenvalue weighted by molar-refractivity contribution is 9.10. The fourth-order valence-electron chi connectivity index (χ4n) is 1.74. The first-order valence-electron chi connectivity index (χ1n) is 6.48. The minimum absolute atomic E-state index is 0.0536. The van der Waals surface area contributed by atoms with Crippen LogP contribution in [-0.4, -0.2) is 28.7 Å². The van der Waals surface area contributed by atoms with Crippen molar-refractivity contribution in [3.8, 4) is 0 Å². The third-order valence-electron chi connectivity index (χ3n) is 2.97. The summed E-state index contributed by atoms with van der Waals surface area (Å²) in [5, 5.41) is 3.04. The highest BCUT2D eigenvalue weighted by Gasteiger charge is 2.51. The standard InChI is InChI=1S/C13H17BrF2NO4P/c1-9(18)4-6-17-7-5-10-2-3-11(12(14)8-10)13(15,16)22(19,20)21/h2-3,8,17H,4-7H2,1H3,(H2,19,20,21). The quantitative estimate of drug-likeness (QED) is 0.462. The van der Waals surface area contributed by atoms with Crippen LogP contribution in [0.15, 0.2) is 22.7 Å². The maximum Gasteiger partial charge on any atom is 0.399 e. The zero-order valence-corrected chi connectivity index (χ0v) is 14.3. The minimum atomic E-state index is -5.58. The van der Waals surface area contributed by atoms with Crippen LogP contribution in [0, 0.1) is 0 Å². The third kappa shape index (κ3) is 5.21. The minimum Gasteiger partial charge on any atom is -0.320 e. The molecule has 0 aromatic heterocycles. The van der Waals surface area contributed by atoms with Gasteiger partial charge < -0.3 is 15.1 Å². The molecule has 1 aromatic carbocycles. The largest absolute Gasteiger partial charge is 0.399 e. The Balaban J connectivity index is 2.70. The van der Waals surface area contributed by atoms with E-state index in [1.165, 1.54) is 19.1 Å². The molecule has 1 rings (SSSR count). The SMILES string of the molecule is CC(=O)CCNCCc1ccc(C(F)(F)P(=O)(O)O)c(Br)c1. The summed E-state index contributed by atoms with van der Waals surface area (Å²) in [6.45, 7) is 2.61. The van der Waals surface area contributed by atoms with Crippen molar-refractivity contribution >= 4 is 29.3 Å². The summed E-state index contributed by atoms with van der Waals surface area (Å²) in [7, 11) is -5.58. The molecule has 1 aromatic rings. The first-order valence-corrected chi connectivity index (χ1v) is 8.88. The fraction of sp³-hybridized carbons (Fsp3) is 0.462. The number of halogens is 3. The van der Waals surface area contributed by atoms with Gasteiger partial charge in [0.1, 0.15) is 5.78 Å². The Labute approximate surface area is 135 Å². The van der Waals surface area contributed by atoms with Crippen molar-refractivity contribution in [2.75, 3.05) is 13.1 Å². The molecule has 0 fully saturated rings. The molecule has 3 N–H and O–H groups in total. The van der Waals surface area contributed by atoms with Gasteiger partial charge in [0, 0.05) is 23.0 Å². The van der Waals surface area contributed by atoms with Crippen LogP contribution in [0.1, 0.15) is 24.5 Å². The molecule has 0 unspecified atom stereocenters. The number of rotatable bonds is 8. The number of carbonyl (C=O) groups excluding carboxylic acids is 1. The molecule has 5 nitrogen and oxygen atoms in total. The third-order valence-corrected chi connectivity index (χ3v) is 4.60. The number of ketones is 1. The molecule has 0 amide bonds. The Morgan fingerprint density at radius 3 is 2.50 bits per heavy atom. The van der Waals surface area contributed by atoms with Crippen LogP contribution < -0.4 is 5.32 Å². The van der Waals surface area contributed by atoms with E-state index in [4.69, 9.17) is 9.79 Å². The van der Waals surface area contributed by atoms with Crippen LogP contribution in [0.3, 0.4) is 0 Å². The molecule has 22 heavy (non-hydrogen) atoms. The Bertz CT molecular complexity index is 591. The fourth-order valence-corrected chi connectivity index (χ4v) is 3.07. The topological polar surface area (TPSA) is 86.6 Å². The van der Waals surface area contributed by atoms with Crippen molar-refractivity contribution < 1.29 is 27.9 Å². The monoisotopic (exact) mass is 399 g/mol. The number of nitrogens with one attached hydrogen (secondary N) is 1. The number of benzene rings is 1. The Morgan fingerprint density at radius 1 is 1.36 bits per heavy atom. The summed E-state index contributed by atoms with van der Waals surface area (Å²) < 4.78 is 38.1. The lowest BCUT2D eigenvalue weighted by Gasteiger charge is -2.19. The second-order valence-electron chi connectivity index (χ2n) is 4.85. The van der Waals surface area contributed by atoms with Crippen LogP contribution in [0.25, 0.3) is 0 Å². The molecule has 0 saturated heterocycles. The first-order chi connectivity index (χ1) is 10.1. The molecule has 0 atom stereocenters. The van der Waals surface area contributed by atoms with Crippen LogP contribution in [-0.2, 0) is 21.4 Å². The molecule has 9 heteroatoms. The predicted octanol–water partition coefficient (Wildman–Crippen LogP) is 2.79. The number of alkyl halides is 2. The zero-order chi connectivity index (χ0) is 17.0. The molecular formula is C13H17BrF2NO4P. The summed E-state index contributed by atoms with van der Waals surface area (Å²) >= 11 is 2.93. The number of carbonyl (C=O) groups is 1. The van der Waals surface area contributed by atoms with Gasteiger partial charge >= 0.3 is 13.3 Å². The highest BCUT2D eigenvalue weighted by atomic mass is 79.9. The molecule has 124 valence electrons. The maximum atomic E-state index is 13.6. The van der Waals surface area contributed by atoms with Gasteiger partial charge in [-0.1, -0.05) is 28.1 Å². The molecule has 0 aliphatic heterocycles. The van der Waals surface area contributed by atoms with E-state index in [1.54, 1.807) is 0 Å². The average Bonchev–Trinajstić information content (AvgIpc) is 2.36. The number of hydrogen-bond acceptors (Lipinski definition) is 3. The lowest BCUT2D eigenvalue weighted by molar-refractivity contribution is -0.116. The summed E-state index contributed by atoms with van der Waals surface area (Å²) in [5.74, 6) is 0.0827. The van der Waals surface area contributed by atoms with Gasteiger partial charge in [-0.2, -0.15) is 8.78 Å². The Hall–Kier alpha value is -0.660.